The second-order valence-corrected chi connectivity index (χ2v) is 2.71. The molecule has 0 bridgehead atoms. The van der Waals surface area contributed by atoms with E-state index in [0.717, 1.165) is 11.0 Å². The number of imidazole rings is 1. The molecular formula is C9H9N2. The van der Waals surface area contributed by atoms with Crippen LogP contribution in [-0.2, 0) is 7.05 Å². The highest BCUT2D eigenvalue weighted by molar-refractivity contribution is 5.78. The Bertz CT molecular complexity index is 387. The van der Waals surface area contributed by atoms with Crippen LogP contribution in [-0.4, -0.2) is 9.55 Å². The first kappa shape index (κ1) is 6.40. The average Bonchev–Trinajstić information content (AvgIpc) is 2.35. The topological polar surface area (TPSA) is 17.8 Å². The van der Waals surface area contributed by atoms with Crippen molar-refractivity contribution in [1.82, 2.24) is 9.55 Å². The molecular weight excluding hydrogens is 136 g/mol. The van der Waals surface area contributed by atoms with Crippen molar-refractivity contribution in [3.8, 4) is 0 Å². The molecule has 0 fully saturated rings. The number of fused-ring (bicyclic) bond motifs is 1. The second kappa shape index (κ2) is 2.09. The maximum Gasteiger partial charge on any atom is 0.177 e. The molecule has 0 N–H and O–H groups in total. The first-order valence-electron chi connectivity index (χ1n) is 3.59. The predicted octanol–water partition coefficient (Wildman–Crippen LogP) is 1.68. The normalized spacial score (nSPS) is 10.7. The molecule has 1 aromatic carbocycles. The quantitative estimate of drug-likeness (QED) is 0.551. The molecule has 1 heterocycles. The third-order valence-electron chi connectivity index (χ3n) is 1.89. The van der Waals surface area contributed by atoms with Gasteiger partial charge in [0.2, 0.25) is 0 Å². The van der Waals surface area contributed by atoms with E-state index in [2.05, 4.69) is 24.3 Å². The molecule has 0 saturated heterocycles. The molecule has 11 heavy (non-hydrogen) atoms. The summed E-state index contributed by atoms with van der Waals surface area (Å²) in [5, 5.41) is 0. The van der Waals surface area contributed by atoms with Crippen LogP contribution in [0.4, 0.5) is 0 Å². The van der Waals surface area contributed by atoms with Crippen molar-refractivity contribution < 1.29 is 0 Å². The summed E-state index contributed by atoms with van der Waals surface area (Å²) in [6.45, 7) is 2.06. The molecule has 0 atom stereocenters. The van der Waals surface area contributed by atoms with Crippen molar-refractivity contribution in [3.05, 3.63) is 30.1 Å². The van der Waals surface area contributed by atoms with E-state index in [4.69, 9.17) is 0 Å². The lowest BCUT2D eigenvalue weighted by atomic mass is 10.2. The molecule has 0 aliphatic rings. The first-order chi connectivity index (χ1) is 5.29. The van der Waals surface area contributed by atoms with Crippen molar-refractivity contribution in [3.63, 3.8) is 0 Å². The van der Waals surface area contributed by atoms with Gasteiger partial charge >= 0.3 is 0 Å². The van der Waals surface area contributed by atoms with Gasteiger partial charge in [-0.25, -0.2) is 4.98 Å². The fraction of sp³-hybridized carbons (Fsp3) is 0.222. The fourth-order valence-corrected chi connectivity index (χ4v) is 1.24. The van der Waals surface area contributed by atoms with E-state index in [-0.39, 0.29) is 0 Å². The number of nitrogens with zero attached hydrogens (tertiary/aromatic N) is 2. The number of hydrogen-bond donors (Lipinski definition) is 0. The maximum absolute atomic E-state index is 4.16. The minimum atomic E-state index is 1.05. The van der Waals surface area contributed by atoms with Gasteiger partial charge in [-0.3, -0.25) is 0 Å². The van der Waals surface area contributed by atoms with Crippen LogP contribution in [0.5, 0.6) is 0 Å². The Kier molecular flexibility index (Phi) is 1.22. The first-order valence-corrected chi connectivity index (χ1v) is 3.59. The van der Waals surface area contributed by atoms with E-state index in [1.165, 1.54) is 5.56 Å². The Hall–Kier alpha value is -1.31. The predicted molar refractivity (Wildman–Crippen MR) is 44.3 cm³/mol. The number of rotatable bonds is 0. The molecule has 2 nitrogen and oxygen atoms in total. The minimum Gasteiger partial charge on any atom is -0.324 e. The lowest BCUT2D eigenvalue weighted by Crippen LogP contribution is -1.83. The van der Waals surface area contributed by atoms with Crippen molar-refractivity contribution in [2.75, 3.05) is 0 Å². The number of aryl methyl sites for hydroxylation is 2. The van der Waals surface area contributed by atoms with Crippen LogP contribution in [0, 0.1) is 13.3 Å². The third-order valence-corrected chi connectivity index (χ3v) is 1.89. The van der Waals surface area contributed by atoms with Crippen LogP contribution in [0.15, 0.2) is 18.2 Å². The van der Waals surface area contributed by atoms with Gasteiger partial charge in [0.05, 0.1) is 11.0 Å². The molecule has 2 rings (SSSR count). The van der Waals surface area contributed by atoms with Crippen molar-refractivity contribution >= 4 is 11.0 Å². The summed E-state index contributed by atoms with van der Waals surface area (Å²) in [6, 6.07) is 6.14. The summed E-state index contributed by atoms with van der Waals surface area (Å²) >= 11 is 0. The largest absolute Gasteiger partial charge is 0.324 e. The maximum atomic E-state index is 4.16. The van der Waals surface area contributed by atoms with Crippen LogP contribution in [0.3, 0.4) is 0 Å². The Labute approximate surface area is 65.5 Å². The zero-order valence-corrected chi connectivity index (χ0v) is 6.63. The van der Waals surface area contributed by atoms with Crippen LogP contribution in [0.1, 0.15) is 5.56 Å². The van der Waals surface area contributed by atoms with Gasteiger partial charge < -0.3 is 4.57 Å². The molecule has 0 aliphatic heterocycles. The average molecular weight is 145 g/mol. The van der Waals surface area contributed by atoms with E-state index in [1.54, 1.807) is 0 Å². The van der Waals surface area contributed by atoms with Gasteiger partial charge in [-0.1, -0.05) is 12.1 Å². The van der Waals surface area contributed by atoms with Crippen molar-refractivity contribution in [2.45, 2.75) is 6.92 Å². The number of aromatic nitrogens is 2. The van der Waals surface area contributed by atoms with Crippen LogP contribution in [0.25, 0.3) is 11.0 Å². The molecule has 1 radical (unpaired) electrons. The molecule has 2 heteroatoms. The van der Waals surface area contributed by atoms with E-state index in [1.807, 2.05) is 23.7 Å². The van der Waals surface area contributed by atoms with E-state index in [9.17, 15) is 0 Å². The van der Waals surface area contributed by atoms with Gasteiger partial charge in [0.15, 0.2) is 6.33 Å². The number of benzene rings is 1. The van der Waals surface area contributed by atoms with Crippen LogP contribution >= 0.6 is 0 Å². The highest BCUT2D eigenvalue weighted by atomic mass is 15.0. The molecule has 0 aliphatic carbocycles. The van der Waals surface area contributed by atoms with E-state index in [0.29, 0.717) is 0 Å². The van der Waals surface area contributed by atoms with Crippen molar-refractivity contribution in [1.29, 1.82) is 0 Å². The highest BCUT2D eigenvalue weighted by Gasteiger charge is 2.00. The smallest absolute Gasteiger partial charge is 0.177 e. The summed E-state index contributed by atoms with van der Waals surface area (Å²) in [4.78, 5) is 4.16. The van der Waals surface area contributed by atoms with Gasteiger partial charge in [-0.05, 0) is 18.6 Å². The summed E-state index contributed by atoms with van der Waals surface area (Å²) in [5.74, 6) is 0. The molecule has 0 spiro atoms. The molecule has 0 unspecified atom stereocenters. The summed E-state index contributed by atoms with van der Waals surface area (Å²) < 4.78 is 1.91. The molecule has 0 amide bonds. The summed E-state index contributed by atoms with van der Waals surface area (Å²) in [7, 11) is 1.95. The molecule has 0 saturated carbocycles. The zero-order chi connectivity index (χ0) is 7.84. The summed E-state index contributed by atoms with van der Waals surface area (Å²) in [6.07, 6.45) is 2.88. The Morgan fingerprint density at radius 2 is 2.27 bits per heavy atom. The Morgan fingerprint density at radius 3 is 3.00 bits per heavy atom. The highest BCUT2D eigenvalue weighted by Crippen LogP contribution is 2.14. The SMILES string of the molecule is Cc1cccc2c1n[c]n2C. The Balaban J connectivity index is 2.94. The lowest BCUT2D eigenvalue weighted by Gasteiger charge is -1.94. The standard InChI is InChI=1S/C9H9N2/c1-7-4-3-5-8-9(7)10-6-11(8)2/h3-5H,1-2H3. The number of hydrogen-bond acceptors (Lipinski definition) is 1. The molecule has 2 aromatic rings. The third kappa shape index (κ3) is 0.827. The zero-order valence-electron chi connectivity index (χ0n) is 6.63. The van der Waals surface area contributed by atoms with Gasteiger partial charge in [0, 0.05) is 7.05 Å². The fourth-order valence-electron chi connectivity index (χ4n) is 1.24. The monoisotopic (exact) mass is 145 g/mol. The summed E-state index contributed by atoms with van der Waals surface area (Å²) in [5.41, 5.74) is 3.40. The van der Waals surface area contributed by atoms with Crippen molar-refractivity contribution in [2.24, 2.45) is 7.05 Å². The van der Waals surface area contributed by atoms with Gasteiger partial charge in [0.25, 0.3) is 0 Å². The van der Waals surface area contributed by atoms with Gasteiger partial charge in [-0.15, -0.1) is 0 Å². The van der Waals surface area contributed by atoms with Crippen LogP contribution < -0.4 is 0 Å². The molecule has 1 aromatic heterocycles. The molecule has 55 valence electrons. The van der Waals surface area contributed by atoms with E-state index < -0.39 is 0 Å². The lowest BCUT2D eigenvalue weighted by molar-refractivity contribution is 0.936. The van der Waals surface area contributed by atoms with Gasteiger partial charge in [-0.2, -0.15) is 0 Å². The van der Waals surface area contributed by atoms with Gasteiger partial charge in [0.1, 0.15) is 0 Å². The second-order valence-electron chi connectivity index (χ2n) is 2.71. The van der Waals surface area contributed by atoms with E-state index >= 15 is 0 Å². The van der Waals surface area contributed by atoms with Crippen LogP contribution in [0.2, 0.25) is 0 Å². The number of para-hydroxylation sites is 1. The Morgan fingerprint density at radius 1 is 1.45 bits per heavy atom. The minimum absolute atomic E-state index is 1.05.